The Morgan fingerprint density at radius 2 is 1.20 bits per heavy atom. The molecule has 3 amide bonds. The molecule has 40 heavy (non-hydrogen) atoms. The van der Waals surface area contributed by atoms with Crippen molar-refractivity contribution in [2.24, 2.45) is 0 Å². The Kier molecular flexibility index (Phi) is 11.7. The predicted molar refractivity (Wildman–Crippen MR) is 154 cm³/mol. The first-order valence-corrected chi connectivity index (χ1v) is 13.2. The lowest BCUT2D eigenvalue weighted by Crippen LogP contribution is -2.56. The summed E-state index contributed by atoms with van der Waals surface area (Å²) in [6.07, 6.45) is 3.42. The van der Waals surface area contributed by atoms with Gasteiger partial charge < -0.3 is 20.7 Å². The van der Waals surface area contributed by atoms with Crippen molar-refractivity contribution in [3.63, 3.8) is 0 Å². The van der Waals surface area contributed by atoms with Gasteiger partial charge in [0.1, 0.15) is 18.1 Å². The van der Waals surface area contributed by atoms with Crippen LogP contribution in [0, 0.1) is 0 Å². The fourth-order valence-electron chi connectivity index (χ4n) is 3.98. The Morgan fingerprint density at radius 3 is 1.75 bits per heavy atom. The van der Waals surface area contributed by atoms with Gasteiger partial charge in [-0.3, -0.25) is 14.4 Å². The third-order valence-corrected chi connectivity index (χ3v) is 6.06. The van der Waals surface area contributed by atoms with E-state index < -0.39 is 41.8 Å². The molecule has 0 aliphatic rings. The molecule has 0 saturated carbocycles. The van der Waals surface area contributed by atoms with Crippen LogP contribution in [0.3, 0.4) is 0 Å². The van der Waals surface area contributed by atoms with E-state index in [0.29, 0.717) is 0 Å². The van der Waals surface area contributed by atoms with Gasteiger partial charge in [-0.25, -0.2) is 4.79 Å². The molecule has 3 atom stereocenters. The van der Waals surface area contributed by atoms with E-state index in [9.17, 15) is 19.2 Å². The Balaban J connectivity index is 1.71. The number of esters is 1. The average Bonchev–Trinajstić information content (AvgIpc) is 2.97. The standard InChI is InChI=1S/C32H35N3O5/c1-3-40-32(39)28(22-26-17-11-6-12-18-26)35-31(38)27(21-25-15-9-5-10-16-25)34-30(37)23(2)33-29(36)20-19-24-13-7-4-8-14-24/h4-20,23,27-28H,3,21-22H2,1-2H3,(H,33,36)(H,34,37)(H,35,38)/b20-19+. The summed E-state index contributed by atoms with van der Waals surface area (Å²) in [5.41, 5.74) is 2.52. The van der Waals surface area contributed by atoms with E-state index in [1.807, 2.05) is 91.0 Å². The van der Waals surface area contributed by atoms with Crippen LogP contribution in [0.1, 0.15) is 30.5 Å². The zero-order chi connectivity index (χ0) is 28.7. The molecule has 3 N–H and O–H groups in total. The van der Waals surface area contributed by atoms with Crippen molar-refractivity contribution in [2.75, 3.05) is 6.61 Å². The minimum atomic E-state index is -0.998. The highest BCUT2D eigenvalue weighted by Crippen LogP contribution is 2.08. The van der Waals surface area contributed by atoms with Crippen LogP contribution in [0.15, 0.2) is 97.1 Å². The van der Waals surface area contributed by atoms with Gasteiger partial charge in [0.15, 0.2) is 0 Å². The van der Waals surface area contributed by atoms with Crippen LogP contribution in [0.4, 0.5) is 0 Å². The van der Waals surface area contributed by atoms with E-state index in [-0.39, 0.29) is 19.4 Å². The Bertz CT molecular complexity index is 1280. The molecule has 0 bridgehead atoms. The van der Waals surface area contributed by atoms with E-state index >= 15 is 0 Å². The summed E-state index contributed by atoms with van der Waals surface area (Å²) >= 11 is 0. The molecular formula is C32H35N3O5. The number of benzene rings is 3. The van der Waals surface area contributed by atoms with Crippen LogP contribution >= 0.6 is 0 Å². The van der Waals surface area contributed by atoms with Crippen LogP contribution < -0.4 is 16.0 Å². The minimum Gasteiger partial charge on any atom is -0.464 e. The molecule has 0 aliphatic carbocycles. The lowest BCUT2D eigenvalue weighted by molar-refractivity contribution is -0.147. The van der Waals surface area contributed by atoms with E-state index in [4.69, 9.17) is 4.74 Å². The quantitative estimate of drug-likeness (QED) is 0.227. The lowest BCUT2D eigenvalue weighted by Gasteiger charge is -2.24. The molecule has 0 spiro atoms. The molecule has 0 aliphatic heterocycles. The highest BCUT2D eigenvalue weighted by atomic mass is 16.5. The van der Waals surface area contributed by atoms with E-state index in [2.05, 4.69) is 16.0 Å². The van der Waals surface area contributed by atoms with Crippen molar-refractivity contribution in [3.8, 4) is 0 Å². The van der Waals surface area contributed by atoms with Crippen molar-refractivity contribution in [2.45, 2.75) is 44.8 Å². The summed E-state index contributed by atoms with van der Waals surface area (Å²) in [7, 11) is 0. The fourth-order valence-corrected chi connectivity index (χ4v) is 3.98. The normalized spacial score (nSPS) is 13.1. The second-order valence-electron chi connectivity index (χ2n) is 9.23. The monoisotopic (exact) mass is 541 g/mol. The summed E-state index contributed by atoms with van der Waals surface area (Å²) < 4.78 is 5.20. The van der Waals surface area contributed by atoms with Crippen molar-refractivity contribution in [3.05, 3.63) is 114 Å². The predicted octanol–water partition coefficient (Wildman–Crippen LogP) is 3.22. The van der Waals surface area contributed by atoms with Crippen molar-refractivity contribution < 1.29 is 23.9 Å². The van der Waals surface area contributed by atoms with Gasteiger partial charge >= 0.3 is 5.97 Å². The van der Waals surface area contributed by atoms with E-state index in [1.54, 1.807) is 13.0 Å². The SMILES string of the molecule is CCOC(=O)C(Cc1ccccc1)NC(=O)C(Cc1ccccc1)NC(=O)C(C)NC(=O)/C=C/c1ccccc1. The molecule has 0 radical (unpaired) electrons. The molecule has 0 saturated heterocycles. The molecule has 208 valence electrons. The summed E-state index contributed by atoms with van der Waals surface area (Å²) in [6, 6.07) is 25.0. The van der Waals surface area contributed by atoms with Gasteiger partial charge in [-0.2, -0.15) is 0 Å². The topological polar surface area (TPSA) is 114 Å². The molecular weight excluding hydrogens is 506 g/mol. The third-order valence-electron chi connectivity index (χ3n) is 6.06. The fraction of sp³-hybridized carbons (Fsp3) is 0.250. The van der Waals surface area contributed by atoms with Crippen LogP contribution in [0.5, 0.6) is 0 Å². The van der Waals surface area contributed by atoms with E-state index in [0.717, 1.165) is 16.7 Å². The van der Waals surface area contributed by atoms with Gasteiger partial charge in [-0.15, -0.1) is 0 Å². The average molecular weight is 542 g/mol. The second-order valence-corrected chi connectivity index (χ2v) is 9.23. The molecule has 0 heterocycles. The molecule has 3 aromatic carbocycles. The first kappa shape index (κ1) is 29.8. The molecule has 8 heteroatoms. The molecule has 8 nitrogen and oxygen atoms in total. The first-order chi connectivity index (χ1) is 19.4. The van der Waals surface area contributed by atoms with Crippen molar-refractivity contribution in [1.82, 2.24) is 16.0 Å². The van der Waals surface area contributed by atoms with Gasteiger partial charge in [0.05, 0.1) is 6.61 Å². The van der Waals surface area contributed by atoms with Crippen molar-refractivity contribution >= 4 is 29.8 Å². The van der Waals surface area contributed by atoms with Crippen LogP contribution in [0.2, 0.25) is 0 Å². The van der Waals surface area contributed by atoms with Crippen LogP contribution in [0.25, 0.3) is 6.08 Å². The largest absolute Gasteiger partial charge is 0.464 e. The zero-order valence-corrected chi connectivity index (χ0v) is 22.7. The maximum Gasteiger partial charge on any atom is 0.328 e. The van der Waals surface area contributed by atoms with Gasteiger partial charge in [0.25, 0.3) is 0 Å². The maximum atomic E-state index is 13.5. The number of hydrogen-bond acceptors (Lipinski definition) is 5. The number of carbonyl (C=O) groups is 4. The summed E-state index contributed by atoms with van der Waals surface area (Å²) in [5, 5.41) is 8.13. The highest BCUT2D eigenvalue weighted by molar-refractivity contribution is 5.97. The maximum absolute atomic E-state index is 13.5. The number of amides is 3. The van der Waals surface area contributed by atoms with Crippen molar-refractivity contribution in [1.29, 1.82) is 0 Å². The third kappa shape index (κ3) is 9.87. The first-order valence-electron chi connectivity index (χ1n) is 13.2. The van der Waals surface area contributed by atoms with Gasteiger partial charge in [0, 0.05) is 18.9 Å². The Labute approximate surface area is 234 Å². The van der Waals surface area contributed by atoms with E-state index in [1.165, 1.54) is 13.0 Å². The summed E-state index contributed by atoms with van der Waals surface area (Å²) in [4.78, 5) is 51.6. The molecule has 3 aromatic rings. The molecule has 0 aromatic heterocycles. The molecule has 3 unspecified atom stereocenters. The van der Waals surface area contributed by atoms with Crippen LogP contribution in [-0.2, 0) is 36.8 Å². The minimum absolute atomic E-state index is 0.167. The number of hydrogen-bond donors (Lipinski definition) is 3. The van der Waals surface area contributed by atoms with Gasteiger partial charge in [-0.1, -0.05) is 91.0 Å². The summed E-state index contributed by atoms with van der Waals surface area (Å²) in [6.45, 7) is 3.40. The Morgan fingerprint density at radius 1 is 0.700 bits per heavy atom. The molecule has 0 fully saturated rings. The van der Waals surface area contributed by atoms with Crippen LogP contribution in [-0.4, -0.2) is 48.4 Å². The van der Waals surface area contributed by atoms with Gasteiger partial charge in [-0.05, 0) is 36.6 Å². The number of nitrogens with one attached hydrogen (secondary N) is 3. The smallest absolute Gasteiger partial charge is 0.328 e. The Hall–Kier alpha value is -4.72. The highest BCUT2D eigenvalue weighted by Gasteiger charge is 2.29. The summed E-state index contributed by atoms with van der Waals surface area (Å²) in [5.74, 6) is -2.07. The molecule has 3 rings (SSSR count). The number of rotatable bonds is 13. The lowest BCUT2D eigenvalue weighted by atomic mass is 10.0. The van der Waals surface area contributed by atoms with Gasteiger partial charge in [0.2, 0.25) is 17.7 Å². The second kappa shape index (κ2) is 15.6. The number of ether oxygens (including phenoxy) is 1. The number of carbonyl (C=O) groups excluding carboxylic acids is 4. The zero-order valence-electron chi connectivity index (χ0n) is 22.7.